The third kappa shape index (κ3) is 3.51. The van der Waals surface area contributed by atoms with Crippen molar-refractivity contribution in [2.75, 3.05) is 0 Å². The average molecular weight is 165 g/mol. The molecule has 0 spiro atoms. The first-order valence-electron chi connectivity index (χ1n) is 4.61. The molecule has 0 aromatic carbocycles. The quantitative estimate of drug-likeness (QED) is 0.620. The second-order valence-corrected chi connectivity index (χ2v) is 2.95. The molecule has 0 radical (unpaired) electrons. The molecular formula is C11H19N. The van der Waals surface area contributed by atoms with Crippen molar-refractivity contribution in [3.8, 4) is 0 Å². The molecule has 0 fully saturated rings. The van der Waals surface area contributed by atoms with E-state index in [1.54, 1.807) is 0 Å². The second kappa shape index (κ2) is 5.76. The molecule has 0 amide bonds. The second-order valence-electron chi connectivity index (χ2n) is 2.95. The minimum absolute atomic E-state index is 0.590. The van der Waals surface area contributed by atoms with Crippen molar-refractivity contribution in [1.82, 2.24) is 4.98 Å². The van der Waals surface area contributed by atoms with Crippen molar-refractivity contribution in [3.05, 3.63) is 29.6 Å². The Balaban J connectivity index is 0.000000561. The van der Waals surface area contributed by atoms with E-state index in [4.69, 9.17) is 0 Å². The van der Waals surface area contributed by atoms with Crippen LogP contribution >= 0.6 is 0 Å². The van der Waals surface area contributed by atoms with E-state index in [0.717, 1.165) is 0 Å². The van der Waals surface area contributed by atoms with Crippen molar-refractivity contribution in [1.29, 1.82) is 0 Å². The molecule has 12 heavy (non-hydrogen) atoms. The van der Waals surface area contributed by atoms with Crippen LogP contribution in [0.2, 0.25) is 0 Å². The lowest BCUT2D eigenvalue weighted by atomic mass is 10.0. The van der Waals surface area contributed by atoms with Gasteiger partial charge in [0.05, 0.1) is 0 Å². The van der Waals surface area contributed by atoms with Gasteiger partial charge in [-0.2, -0.15) is 0 Å². The SMILES string of the molecule is CC.Cc1cncc(C(C)C)c1. The molecule has 0 bridgehead atoms. The van der Waals surface area contributed by atoms with Gasteiger partial charge in [-0.25, -0.2) is 0 Å². The van der Waals surface area contributed by atoms with Gasteiger partial charge < -0.3 is 0 Å². The Bertz CT molecular complexity index is 216. The maximum Gasteiger partial charge on any atom is 0.0302 e. The molecule has 1 heterocycles. The lowest BCUT2D eigenvalue weighted by Crippen LogP contribution is -1.88. The molecule has 0 aliphatic rings. The minimum atomic E-state index is 0.590. The molecule has 1 rings (SSSR count). The van der Waals surface area contributed by atoms with E-state index in [1.165, 1.54) is 11.1 Å². The van der Waals surface area contributed by atoms with Gasteiger partial charge in [0.1, 0.15) is 0 Å². The zero-order valence-corrected chi connectivity index (χ0v) is 8.76. The van der Waals surface area contributed by atoms with E-state index in [0.29, 0.717) is 5.92 Å². The first-order chi connectivity index (χ1) is 5.70. The lowest BCUT2D eigenvalue weighted by Gasteiger charge is -2.03. The van der Waals surface area contributed by atoms with Gasteiger partial charge in [-0.05, 0) is 24.0 Å². The maximum absolute atomic E-state index is 4.11. The van der Waals surface area contributed by atoms with E-state index in [-0.39, 0.29) is 0 Å². The maximum atomic E-state index is 4.11. The number of aryl methyl sites for hydroxylation is 1. The van der Waals surface area contributed by atoms with Gasteiger partial charge in [0.2, 0.25) is 0 Å². The fourth-order valence-corrected chi connectivity index (χ4v) is 0.894. The van der Waals surface area contributed by atoms with Gasteiger partial charge >= 0.3 is 0 Å². The monoisotopic (exact) mass is 165 g/mol. The third-order valence-electron chi connectivity index (χ3n) is 1.56. The van der Waals surface area contributed by atoms with Crippen LogP contribution in [-0.2, 0) is 0 Å². The molecule has 1 nitrogen and oxygen atoms in total. The number of pyridine rings is 1. The number of rotatable bonds is 1. The molecule has 0 aliphatic heterocycles. The summed E-state index contributed by atoms with van der Waals surface area (Å²) in [7, 11) is 0. The van der Waals surface area contributed by atoms with Crippen molar-refractivity contribution in [3.63, 3.8) is 0 Å². The molecular weight excluding hydrogens is 146 g/mol. The minimum Gasteiger partial charge on any atom is -0.264 e. The molecule has 1 aromatic rings. The fraction of sp³-hybridized carbons (Fsp3) is 0.545. The zero-order chi connectivity index (χ0) is 9.56. The molecule has 0 saturated heterocycles. The van der Waals surface area contributed by atoms with Crippen molar-refractivity contribution >= 4 is 0 Å². The molecule has 0 atom stereocenters. The highest BCUT2D eigenvalue weighted by Gasteiger charge is 1.97. The van der Waals surface area contributed by atoms with Crippen LogP contribution < -0.4 is 0 Å². The van der Waals surface area contributed by atoms with Crippen LogP contribution in [0.25, 0.3) is 0 Å². The van der Waals surface area contributed by atoms with Crippen LogP contribution in [0.15, 0.2) is 18.5 Å². The molecule has 68 valence electrons. The molecule has 0 N–H and O–H groups in total. The number of hydrogen-bond donors (Lipinski definition) is 0. The van der Waals surface area contributed by atoms with Gasteiger partial charge in [-0.15, -0.1) is 0 Å². The summed E-state index contributed by atoms with van der Waals surface area (Å²) in [6.07, 6.45) is 3.81. The van der Waals surface area contributed by atoms with Crippen LogP contribution in [0, 0.1) is 6.92 Å². The van der Waals surface area contributed by atoms with Gasteiger partial charge in [-0.3, -0.25) is 4.98 Å². The Morgan fingerprint density at radius 1 is 1.17 bits per heavy atom. The molecule has 1 aromatic heterocycles. The van der Waals surface area contributed by atoms with Crippen LogP contribution in [0.1, 0.15) is 44.7 Å². The summed E-state index contributed by atoms with van der Waals surface area (Å²) in [6.45, 7) is 10.4. The fourth-order valence-electron chi connectivity index (χ4n) is 0.894. The first kappa shape index (κ1) is 11.2. The predicted molar refractivity (Wildman–Crippen MR) is 54.4 cm³/mol. The smallest absolute Gasteiger partial charge is 0.0302 e. The largest absolute Gasteiger partial charge is 0.264 e. The van der Waals surface area contributed by atoms with Gasteiger partial charge in [0, 0.05) is 12.4 Å². The molecule has 0 saturated carbocycles. The highest BCUT2D eigenvalue weighted by Crippen LogP contribution is 2.12. The molecule has 0 aliphatic carbocycles. The summed E-state index contributed by atoms with van der Waals surface area (Å²) in [5.74, 6) is 0.590. The first-order valence-corrected chi connectivity index (χ1v) is 4.61. The average Bonchev–Trinajstić information content (AvgIpc) is 2.08. The van der Waals surface area contributed by atoms with E-state index in [9.17, 15) is 0 Å². The Kier molecular flexibility index (Phi) is 5.35. The summed E-state index contributed by atoms with van der Waals surface area (Å²) in [5, 5.41) is 0. The van der Waals surface area contributed by atoms with Gasteiger partial charge in [0.15, 0.2) is 0 Å². The highest BCUT2D eigenvalue weighted by atomic mass is 14.6. The lowest BCUT2D eigenvalue weighted by molar-refractivity contribution is 0.855. The summed E-state index contributed by atoms with van der Waals surface area (Å²) in [4.78, 5) is 4.11. The van der Waals surface area contributed by atoms with Gasteiger partial charge in [-0.1, -0.05) is 33.8 Å². The van der Waals surface area contributed by atoms with Gasteiger partial charge in [0.25, 0.3) is 0 Å². The standard InChI is InChI=1S/C9H13N.C2H6/c1-7(2)9-4-8(3)5-10-6-9;1-2/h4-7H,1-3H3;1-2H3. The van der Waals surface area contributed by atoms with Crippen LogP contribution in [-0.4, -0.2) is 4.98 Å². The van der Waals surface area contributed by atoms with Crippen LogP contribution in [0.5, 0.6) is 0 Å². The topological polar surface area (TPSA) is 12.9 Å². The highest BCUT2D eigenvalue weighted by molar-refractivity contribution is 5.19. The summed E-state index contributed by atoms with van der Waals surface area (Å²) >= 11 is 0. The zero-order valence-electron chi connectivity index (χ0n) is 8.76. The van der Waals surface area contributed by atoms with E-state index in [2.05, 4.69) is 31.8 Å². The van der Waals surface area contributed by atoms with Crippen molar-refractivity contribution in [2.45, 2.75) is 40.5 Å². The van der Waals surface area contributed by atoms with Crippen LogP contribution in [0.3, 0.4) is 0 Å². The van der Waals surface area contributed by atoms with E-state index < -0.39 is 0 Å². The van der Waals surface area contributed by atoms with Crippen molar-refractivity contribution in [2.24, 2.45) is 0 Å². The predicted octanol–water partition coefficient (Wildman–Crippen LogP) is 3.54. The third-order valence-corrected chi connectivity index (χ3v) is 1.56. The molecule has 0 unspecified atom stereocenters. The Labute approximate surface area is 75.8 Å². The molecule has 1 heteroatoms. The van der Waals surface area contributed by atoms with E-state index >= 15 is 0 Å². The summed E-state index contributed by atoms with van der Waals surface area (Å²) in [5.41, 5.74) is 2.56. The van der Waals surface area contributed by atoms with Crippen molar-refractivity contribution < 1.29 is 0 Å². The number of nitrogens with zero attached hydrogens (tertiary/aromatic N) is 1. The van der Waals surface area contributed by atoms with E-state index in [1.807, 2.05) is 26.2 Å². The Morgan fingerprint density at radius 2 is 1.75 bits per heavy atom. The van der Waals surface area contributed by atoms with Crippen LogP contribution in [0.4, 0.5) is 0 Å². The Morgan fingerprint density at radius 3 is 2.08 bits per heavy atom. The summed E-state index contributed by atoms with van der Waals surface area (Å²) < 4.78 is 0. The number of aromatic nitrogens is 1. The summed E-state index contributed by atoms with van der Waals surface area (Å²) in [6, 6.07) is 2.18. The Hall–Kier alpha value is -0.850. The number of hydrogen-bond acceptors (Lipinski definition) is 1. The normalized spacial score (nSPS) is 9.17.